The van der Waals surface area contributed by atoms with Crippen molar-refractivity contribution >= 4 is 44.0 Å². The lowest BCUT2D eigenvalue weighted by Gasteiger charge is -1.95. The van der Waals surface area contributed by atoms with E-state index in [0.29, 0.717) is 6.42 Å². The highest BCUT2D eigenvalue weighted by Gasteiger charge is 2.06. The second-order valence-electron chi connectivity index (χ2n) is 3.14. The van der Waals surface area contributed by atoms with Gasteiger partial charge in [0.05, 0.1) is 12.5 Å². The molecule has 0 bridgehead atoms. The summed E-state index contributed by atoms with van der Waals surface area (Å²) in [6.45, 7) is 2.14. The molecule has 1 nitrogen and oxygen atoms in total. The molecule has 1 aromatic carbocycles. The zero-order valence-electron chi connectivity index (χ0n) is 7.67. The van der Waals surface area contributed by atoms with Gasteiger partial charge in [0.1, 0.15) is 0 Å². The van der Waals surface area contributed by atoms with Crippen LogP contribution in [0.1, 0.15) is 10.4 Å². The summed E-state index contributed by atoms with van der Waals surface area (Å²) in [4.78, 5) is 1.36. The van der Waals surface area contributed by atoms with Crippen LogP contribution in [0, 0.1) is 21.8 Å². The van der Waals surface area contributed by atoms with Crippen molar-refractivity contribution < 1.29 is 0 Å². The van der Waals surface area contributed by atoms with Crippen LogP contribution < -0.4 is 0 Å². The molecule has 1 aromatic heterocycles. The molecule has 0 radical (unpaired) electrons. The second-order valence-corrected chi connectivity index (χ2v) is 5.47. The van der Waals surface area contributed by atoms with E-state index in [2.05, 4.69) is 47.7 Å². The highest BCUT2D eigenvalue weighted by atomic mass is 127. The van der Waals surface area contributed by atoms with E-state index in [0.717, 1.165) is 5.56 Å². The number of thiophene rings is 1. The van der Waals surface area contributed by atoms with Crippen molar-refractivity contribution in [2.75, 3.05) is 0 Å². The third-order valence-electron chi connectivity index (χ3n) is 2.14. The van der Waals surface area contributed by atoms with Gasteiger partial charge in [0.15, 0.2) is 0 Å². The summed E-state index contributed by atoms with van der Waals surface area (Å²) in [7, 11) is 0. The number of hydrogen-bond acceptors (Lipinski definition) is 2. The number of nitrogens with zero attached hydrogens (tertiary/aromatic N) is 1. The van der Waals surface area contributed by atoms with Gasteiger partial charge in [-0.05, 0) is 47.2 Å². The van der Waals surface area contributed by atoms with Crippen LogP contribution in [0.25, 0.3) is 10.1 Å². The maximum Gasteiger partial charge on any atom is 0.0669 e. The number of benzene rings is 1. The van der Waals surface area contributed by atoms with Gasteiger partial charge >= 0.3 is 0 Å². The molecule has 0 N–H and O–H groups in total. The second kappa shape index (κ2) is 3.87. The normalized spacial score (nSPS) is 10.4. The first-order valence-electron chi connectivity index (χ1n) is 4.27. The molecule has 2 aromatic rings. The Morgan fingerprint density at radius 1 is 1.50 bits per heavy atom. The third kappa shape index (κ3) is 1.64. The molecule has 0 aliphatic heterocycles. The summed E-state index contributed by atoms with van der Waals surface area (Å²) in [5, 5.41) is 9.91. The van der Waals surface area contributed by atoms with Crippen LogP contribution in [0.5, 0.6) is 0 Å². The summed E-state index contributed by atoms with van der Waals surface area (Å²) in [6.07, 6.45) is 0.501. The van der Waals surface area contributed by atoms with Crippen LogP contribution >= 0.6 is 33.9 Å². The SMILES string of the molecule is Cc1sc2ccc(CC#N)cc2c1I. The van der Waals surface area contributed by atoms with Gasteiger partial charge in [-0.1, -0.05) is 6.07 Å². The molecular weight excluding hydrogens is 305 g/mol. The molecule has 14 heavy (non-hydrogen) atoms. The average molecular weight is 313 g/mol. The van der Waals surface area contributed by atoms with Crippen molar-refractivity contribution in [3.05, 3.63) is 32.2 Å². The Morgan fingerprint density at radius 2 is 2.29 bits per heavy atom. The van der Waals surface area contributed by atoms with E-state index in [1.807, 2.05) is 17.4 Å². The molecule has 0 amide bonds. The Balaban J connectivity index is 2.65. The van der Waals surface area contributed by atoms with Crippen LogP contribution in [-0.4, -0.2) is 0 Å². The van der Waals surface area contributed by atoms with E-state index in [9.17, 15) is 0 Å². The number of nitriles is 1. The van der Waals surface area contributed by atoms with Gasteiger partial charge in [-0.2, -0.15) is 5.26 Å². The molecule has 3 heteroatoms. The van der Waals surface area contributed by atoms with Crippen molar-refractivity contribution in [2.45, 2.75) is 13.3 Å². The van der Waals surface area contributed by atoms with Gasteiger partial charge in [0.2, 0.25) is 0 Å². The third-order valence-corrected chi connectivity index (χ3v) is 4.98. The van der Waals surface area contributed by atoms with Crippen LogP contribution in [0.3, 0.4) is 0 Å². The Hall–Kier alpha value is -0.600. The van der Waals surface area contributed by atoms with Gasteiger partial charge in [0, 0.05) is 18.5 Å². The average Bonchev–Trinajstić information content (AvgIpc) is 2.45. The molecule has 0 aliphatic rings. The van der Waals surface area contributed by atoms with Gasteiger partial charge in [0.25, 0.3) is 0 Å². The van der Waals surface area contributed by atoms with Gasteiger partial charge in [-0.15, -0.1) is 11.3 Å². The van der Waals surface area contributed by atoms with E-state index < -0.39 is 0 Å². The van der Waals surface area contributed by atoms with Crippen LogP contribution in [0.15, 0.2) is 18.2 Å². The molecule has 0 saturated heterocycles. The fourth-order valence-corrected chi connectivity index (χ4v) is 3.33. The molecule has 0 unspecified atom stereocenters. The van der Waals surface area contributed by atoms with E-state index in [1.165, 1.54) is 18.5 Å². The van der Waals surface area contributed by atoms with E-state index in [4.69, 9.17) is 5.26 Å². The highest BCUT2D eigenvalue weighted by Crippen LogP contribution is 2.32. The number of rotatable bonds is 1. The molecule has 70 valence electrons. The Labute approximate surface area is 101 Å². The first kappa shape index (κ1) is 9.94. The first-order valence-corrected chi connectivity index (χ1v) is 6.16. The predicted molar refractivity (Wildman–Crippen MR) is 68.6 cm³/mol. The standard InChI is InChI=1S/C11H8INS/c1-7-11(12)9-6-8(4-5-13)2-3-10(9)14-7/h2-3,6H,4H2,1H3. The van der Waals surface area contributed by atoms with Crippen molar-refractivity contribution in [3.8, 4) is 6.07 Å². The van der Waals surface area contributed by atoms with Crippen molar-refractivity contribution in [1.29, 1.82) is 5.26 Å². The molecule has 0 fully saturated rings. The maximum atomic E-state index is 8.62. The largest absolute Gasteiger partial charge is 0.198 e. The Bertz CT molecular complexity index is 522. The predicted octanol–water partition coefficient (Wildman–Crippen LogP) is 3.88. The molecule has 1 heterocycles. The van der Waals surface area contributed by atoms with Crippen LogP contribution in [-0.2, 0) is 6.42 Å². The van der Waals surface area contributed by atoms with Gasteiger partial charge < -0.3 is 0 Å². The smallest absolute Gasteiger partial charge is 0.0669 e. The number of hydrogen-bond donors (Lipinski definition) is 0. The van der Waals surface area contributed by atoms with E-state index in [-0.39, 0.29) is 0 Å². The number of halogens is 1. The minimum absolute atomic E-state index is 0.501. The molecule has 0 saturated carbocycles. The van der Waals surface area contributed by atoms with Gasteiger partial charge in [-0.3, -0.25) is 0 Å². The monoisotopic (exact) mass is 313 g/mol. The summed E-state index contributed by atoms with van der Waals surface area (Å²) < 4.78 is 2.64. The molecule has 0 spiro atoms. The van der Waals surface area contributed by atoms with Crippen LogP contribution in [0.4, 0.5) is 0 Å². The summed E-state index contributed by atoms with van der Waals surface area (Å²) in [6, 6.07) is 8.46. The summed E-state index contributed by atoms with van der Waals surface area (Å²) >= 11 is 4.19. The Morgan fingerprint density at radius 3 is 3.00 bits per heavy atom. The number of aryl methyl sites for hydroxylation is 1. The molecule has 2 rings (SSSR count). The van der Waals surface area contributed by atoms with Gasteiger partial charge in [-0.25, -0.2) is 0 Å². The van der Waals surface area contributed by atoms with E-state index in [1.54, 1.807) is 0 Å². The van der Waals surface area contributed by atoms with E-state index >= 15 is 0 Å². The fraction of sp³-hybridized carbons (Fsp3) is 0.182. The molecular formula is C11H8INS. The minimum Gasteiger partial charge on any atom is -0.198 e. The zero-order valence-corrected chi connectivity index (χ0v) is 10.6. The minimum atomic E-state index is 0.501. The molecule has 0 atom stereocenters. The molecule has 0 aliphatic carbocycles. The lowest BCUT2D eigenvalue weighted by molar-refractivity contribution is 1.27. The lowest BCUT2D eigenvalue weighted by Crippen LogP contribution is -1.80. The van der Waals surface area contributed by atoms with Crippen molar-refractivity contribution in [1.82, 2.24) is 0 Å². The maximum absolute atomic E-state index is 8.62. The Kier molecular flexibility index (Phi) is 2.75. The van der Waals surface area contributed by atoms with Crippen molar-refractivity contribution in [2.24, 2.45) is 0 Å². The quantitative estimate of drug-likeness (QED) is 0.733. The summed E-state index contributed by atoms with van der Waals surface area (Å²) in [5.74, 6) is 0. The zero-order chi connectivity index (χ0) is 10.1. The first-order chi connectivity index (χ1) is 6.72. The lowest BCUT2D eigenvalue weighted by atomic mass is 10.1. The van der Waals surface area contributed by atoms with Crippen LogP contribution in [0.2, 0.25) is 0 Å². The highest BCUT2D eigenvalue weighted by molar-refractivity contribution is 14.1. The number of fused-ring (bicyclic) bond motifs is 1. The summed E-state index contributed by atoms with van der Waals surface area (Å²) in [5.41, 5.74) is 1.11. The van der Waals surface area contributed by atoms with Crippen molar-refractivity contribution in [3.63, 3.8) is 0 Å². The fourth-order valence-electron chi connectivity index (χ4n) is 1.44. The topological polar surface area (TPSA) is 23.8 Å².